The van der Waals surface area contributed by atoms with Gasteiger partial charge in [-0.2, -0.15) is 0 Å². The van der Waals surface area contributed by atoms with Gasteiger partial charge in [0, 0.05) is 6.54 Å². The number of aryl methyl sites for hydroxylation is 1. The summed E-state index contributed by atoms with van der Waals surface area (Å²) >= 11 is 0. The van der Waals surface area contributed by atoms with Gasteiger partial charge in [0.05, 0.1) is 13.7 Å². The Labute approximate surface area is 117 Å². The van der Waals surface area contributed by atoms with Gasteiger partial charge >= 0.3 is 5.97 Å². The van der Waals surface area contributed by atoms with E-state index in [4.69, 9.17) is 14.6 Å². The van der Waals surface area contributed by atoms with Crippen molar-refractivity contribution in [1.82, 2.24) is 4.72 Å². The summed E-state index contributed by atoms with van der Waals surface area (Å²) in [6.45, 7) is 1.26. The molecular formula is C12H17NO6S. The molecule has 0 saturated heterocycles. The van der Waals surface area contributed by atoms with E-state index in [1.807, 2.05) is 0 Å². The van der Waals surface area contributed by atoms with Crippen LogP contribution in [0.1, 0.15) is 5.56 Å². The van der Waals surface area contributed by atoms with Gasteiger partial charge in [0.15, 0.2) is 0 Å². The van der Waals surface area contributed by atoms with Crippen molar-refractivity contribution in [3.8, 4) is 5.75 Å². The Morgan fingerprint density at radius 2 is 2.10 bits per heavy atom. The molecule has 0 saturated carbocycles. The Bertz CT molecular complexity index is 569. The van der Waals surface area contributed by atoms with Crippen LogP contribution in [0.4, 0.5) is 0 Å². The third-order valence-corrected chi connectivity index (χ3v) is 3.85. The van der Waals surface area contributed by atoms with Crippen LogP contribution in [-0.2, 0) is 19.6 Å². The lowest BCUT2D eigenvalue weighted by Crippen LogP contribution is -2.28. The summed E-state index contributed by atoms with van der Waals surface area (Å²) in [6.07, 6.45) is 0. The number of ether oxygens (including phenoxy) is 2. The SMILES string of the molecule is COc1ccc(C)cc1S(=O)(=O)NCCOCC(=O)O. The monoisotopic (exact) mass is 303 g/mol. The molecule has 0 unspecified atom stereocenters. The van der Waals surface area contributed by atoms with E-state index in [0.717, 1.165) is 5.56 Å². The lowest BCUT2D eigenvalue weighted by atomic mass is 10.2. The van der Waals surface area contributed by atoms with Crippen molar-refractivity contribution in [3.63, 3.8) is 0 Å². The molecule has 0 radical (unpaired) electrons. The molecule has 1 aromatic carbocycles. The number of carboxylic acids is 1. The summed E-state index contributed by atoms with van der Waals surface area (Å²) in [5.41, 5.74) is 0.785. The van der Waals surface area contributed by atoms with Crippen molar-refractivity contribution < 1.29 is 27.8 Å². The van der Waals surface area contributed by atoms with Crippen molar-refractivity contribution in [2.45, 2.75) is 11.8 Å². The van der Waals surface area contributed by atoms with Gasteiger partial charge in [-0.05, 0) is 24.6 Å². The van der Waals surface area contributed by atoms with Gasteiger partial charge < -0.3 is 14.6 Å². The second kappa shape index (κ2) is 7.22. The molecule has 0 aromatic heterocycles. The average Bonchev–Trinajstić information content (AvgIpc) is 2.37. The lowest BCUT2D eigenvalue weighted by molar-refractivity contribution is -0.142. The number of hydrogen-bond donors (Lipinski definition) is 2. The Morgan fingerprint density at radius 3 is 2.70 bits per heavy atom. The summed E-state index contributed by atoms with van der Waals surface area (Å²) < 4.78 is 36.3. The molecule has 2 N–H and O–H groups in total. The number of aliphatic carboxylic acids is 1. The lowest BCUT2D eigenvalue weighted by Gasteiger charge is -2.11. The van der Waals surface area contributed by atoms with Crippen LogP contribution in [0.2, 0.25) is 0 Å². The van der Waals surface area contributed by atoms with E-state index in [-0.39, 0.29) is 23.8 Å². The van der Waals surface area contributed by atoms with Gasteiger partial charge in [-0.15, -0.1) is 0 Å². The second-order valence-electron chi connectivity index (χ2n) is 4.00. The molecule has 0 aliphatic carbocycles. The first-order valence-corrected chi connectivity index (χ1v) is 7.29. The van der Waals surface area contributed by atoms with Gasteiger partial charge in [-0.1, -0.05) is 6.07 Å². The highest BCUT2D eigenvalue weighted by Gasteiger charge is 2.19. The van der Waals surface area contributed by atoms with E-state index in [1.54, 1.807) is 19.1 Å². The zero-order valence-electron chi connectivity index (χ0n) is 11.3. The predicted molar refractivity (Wildman–Crippen MR) is 71.4 cm³/mol. The minimum absolute atomic E-state index is 0.0211. The number of carbonyl (C=O) groups is 1. The van der Waals surface area contributed by atoms with Crippen LogP contribution < -0.4 is 9.46 Å². The van der Waals surface area contributed by atoms with Gasteiger partial charge in [0.1, 0.15) is 17.3 Å². The van der Waals surface area contributed by atoms with E-state index in [1.165, 1.54) is 13.2 Å². The first-order chi connectivity index (χ1) is 9.36. The topological polar surface area (TPSA) is 102 Å². The maximum atomic E-state index is 12.1. The Hall–Kier alpha value is -1.64. The summed E-state index contributed by atoms with van der Waals surface area (Å²) in [6, 6.07) is 4.82. The maximum absolute atomic E-state index is 12.1. The Balaban J connectivity index is 2.69. The van der Waals surface area contributed by atoms with Crippen LogP contribution in [0.15, 0.2) is 23.1 Å². The molecule has 0 spiro atoms. The van der Waals surface area contributed by atoms with Gasteiger partial charge in [0.25, 0.3) is 0 Å². The molecule has 1 rings (SSSR count). The van der Waals surface area contributed by atoms with Crippen molar-refractivity contribution in [3.05, 3.63) is 23.8 Å². The first-order valence-electron chi connectivity index (χ1n) is 5.80. The molecule has 0 fully saturated rings. The van der Waals surface area contributed by atoms with E-state index in [9.17, 15) is 13.2 Å². The highest BCUT2D eigenvalue weighted by Crippen LogP contribution is 2.24. The number of nitrogens with one attached hydrogen (secondary N) is 1. The number of hydrogen-bond acceptors (Lipinski definition) is 5. The van der Waals surface area contributed by atoms with Crippen LogP contribution in [0.25, 0.3) is 0 Å². The fourth-order valence-electron chi connectivity index (χ4n) is 1.48. The molecule has 8 heteroatoms. The standard InChI is InChI=1S/C12H17NO6S/c1-9-3-4-10(18-2)11(7-9)20(16,17)13-5-6-19-8-12(14)15/h3-4,7,13H,5-6,8H2,1-2H3,(H,14,15). The number of carboxylic acid groups (broad SMARTS) is 1. The molecule has 1 aromatic rings. The minimum Gasteiger partial charge on any atom is -0.495 e. The number of sulfonamides is 1. The maximum Gasteiger partial charge on any atom is 0.329 e. The van der Waals surface area contributed by atoms with Crippen molar-refractivity contribution in [1.29, 1.82) is 0 Å². The number of benzene rings is 1. The fraction of sp³-hybridized carbons (Fsp3) is 0.417. The summed E-state index contributed by atoms with van der Waals surface area (Å²) in [5.74, 6) is -0.859. The van der Waals surface area contributed by atoms with Crippen molar-refractivity contribution >= 4 is 16.0 Å². The van der Waals surface area contributed by atoms with Gasteiger partial charge in [-0.25, -0.2) is 17.9 Å². The predicted octanol–water partition coefficient (Wildman–Crippen LogP) is 0.383. The highest BCUT2D eigenvalue weighted by atomic mass is 32.2. The quantitative estimate of drug-likeness (QED) is 0.673. The van der Waals surface area contributed by atoms with E-state index >= 15 is 0 Å². The normalized spacial score (nSPS) is 11.3. The fourth-order valence-corrected chi connectivity index (χ4v) is 2.74. The van der Waals surface area contributed by atoms with Crippen molar-refractivity contribution in [2.75, 3.05) is 26.9 Å². The molecule has 0 amide bonds. The van der Waals surface area contributed by atoms with E-state index in [0.29, 0.717) is 0 Å². The molecule has 20 heavy (non-hydrogen) atoms. The largest absolute Gasteiger partial charge is 0.495 e. The highest BCUT2D eigenvalue weighted by molar-refractivity contribution is 7.89. The van der Waals surface area contributed by atoms with Crippen LogP contribution in [-0.4, -0.2) is 46.4 Å². The van der Waals surface area contributed by atoms with Crippen LogP contribution >= 0.6 is 0 Å². The van der Waals surface area contributed by atoms with Crippen LogP contribution in [0.3, 0.4) is 0 Å². The summed E-state index contributed by atoms with van der Waals surface area (Å²) in [4.78, 5) is 10.3. The molecular weight excluding hydrogens is 286 g/mol. The zero-order valence-corrected chi connectivity index (χ0v) is 12.1. The van der Waals surface area contributed by atoms with Crippen LogP contribution in [0.5, 0.6) is 5.75 Å². The average molecular weight is 303 g/mol. The van der Waals surface area contributed by atoms with E-state index in [2.05, 4.69) is 4.72 Å². The van der Waals surface area contributed by atoms with Crippen LogP contribution in [0, 0.1) is 6.92 Å². The molecule has 0 aliphatic rings. The zero-order chi connectivity index (χ0) is 15.2. The first kappa shape index (κ1) is 16.4. The third kappa shape index (κ3) is 4.80. The Morgan fingerprint density at radius 1 is 1.40 bits per heavy atom. The molecule has 0 aliphatic heterocycles. The minimum atomic E-state index is -3.73. The van der Waals surface area contributed by atoms with Gasteiger partial charge in [-0.3, -0.25) is 0 Å². The molecule has 112 valence electrons. The number of methoxy groups -OCH3 is 1. The molecule has 0 bridgehead atoms. The third-order valence-electron chi connectivity index (χ3n) is 2.37. The molecule has 0 atom stereocenters. The van der Waals surface area contributed by atoms with Gasteiger partial charge in [0.2, 0.25) is 10.0 Å². The molecule has 0 heterocycles. The number of rotatable bonds is 8. The van der Waals surface area contributed by atoms with Crippen molar-refractivity contribution in [2.24, 2.45) is 0 Å². The summed E-state index contributed by atoms with van der Waals surface area (Å²) in [7, 11) is -2.34. The smallest absolute Gasteiger partial charge is 0.329 e. The molecule has 7 nitrogen and oxygen atoms in total. The summed E-state index contributed by atoms with van der Waals surface area (Å²) in [5, 5.41) is 8.37. The van der Waals surface area contributed by atoms with E-state index < -0.39 is 22.6 Å². The second-order valence-corrected chi connectivity index (χ2v) is 5.73. The Kier molecular flexibility index (Phi) is 5.93.